The number of carbonyl (C=O) groups is 3. The largest absolute Gasteiger partial charge is 0.490 e. The van der Waals surface area contributed by atoms with E-state index >= 15 is 0 Å². The quantitative estimate of drug-likeness (QED) is 0.129. The number of halogens is 3. The van der Waals surface area contributed by atoms with Crippen LogP contribution in [-0.4, -0.2) is 46.1 Å². The molecule has 1 saturated heterocycles. The molecule has 0 saturated carbocycles. The van der Waals surface area contributed by atoms with E-state index in [-0.39, 0.29) is 40.0 Å². The number of hydrogen-bond acceptors (Lipinski definition) is 10. The summed E-state index contributed by atoms with van der Waals surface area (Å²) in [6.07, 6.45) is -4.58. The number of ether oxygens (including phenoxy) is 2. The normalized spacial score (nSPS) is 18.7. The number of nitrogens with one attached hydrogen (secondary N) is 2. The number of non-ortho nitro benzene ring substituents is 1. The molecule has 3 amide bonds. The van der Waals surface area contributed by atoms with Crippen LogP contribution in [0.2, 0.25) is 0 Å². The molecule has 1 fully saturated rings. The molecule has 0 radical (unpaired) electrons. The molecule has 4 aromatic rings. The summed E-state index contributed by atoms with van der Waals surface area (Å²) < 4.78 is 50.6. The highest BCUT2D eigenvalue weighted by Gasteiger charge is 2.56. The molecular weight excluding hydrogens is 677 g/mol. The summed E-state index contributed by atoms with van der Waals surface area (Å²) in [6.45, 7) is 1.32. The number of fused-ring (bicyclic) bond motifs is 2. The number of thiazole rings is 1. The number of hydrogen-bond donors (Lipinski definition) is 2. The fourth-order valence-electron chi connectivity index (χ4n) is 5.57. The minimum Gasteiger partial charge on any atom is -0.490 e. The first-order valence-electron chi connectivity index (χ1n) is 14.2. The Morgan fingerprint density at radius 2 is 1.77 bits per heavy atom. The number of benzene rings is 3. The summed E-state index contributed by atoms with van der Waals surface area (Å²) >= 11 is 1.97. The zero-order valence-electron chi connectivity index (χ0n) is 24.6. The third kappa shape index (κ3) is 6.25. The third-order valence-electron chi connectivity index (χ3n) is 7.60. The number of nitro benzene ring substituents is 1. The van der Waals surface area contributed by atoms with Gasteiger partial charge in [0.05, 0.1) is 33.7 Å². The van der Waals surface area contributed by atoms with Crippen molar-refractivity contribution in [3.8, 4) is 11.5 Å². The number of carbonyl (C=O) groups excluding carboxylic acids is 3. The van der Waals surface area contributed by atoms with Gasteiger partial charge in [-0.25, -0.2) is 4.90 Å². The number of thioether (sulfide) groups is 1. The van der Waals surface area contributed by atoms with Gasteiger partial charge in [-0.05, 0) is 55.0 Å². The molecule has 0 unspecified atom stereocenters. The molecule has 0 spiro atoms. The minimum absolute atomic E-state index is 0.0663. The molecule has 48 heavy (non-hydrogen) atoms. The van der Waals surface area contributed by atoms with Crippen LogP contribution in [0.3, 0.4) is 0 Å². The molecule has 3 aromatic carbocycles. The Labute approximate surface area is 277 Å². The van der Waals surface area contributed by atoms with Crippen LogP contribution in [0, 0.1) is 16.0 Å². The van der Waals surface area contributed by atoms with E-state index in [1.54, 1.807) is 19.1 Å². The van der Waals surface area contributed by atoms with Crippen molar-refractivity contribution in [1.29, 1.82) is 0 Å². The minimum atomic E-state index is -4.58. The topological polar surface area (TPSA) is 161 Å². The van der Waals surface area contributed by atoms with Crippen molar-refractivity contribution in [2.24, 2.45) is 5.92 Å². The van der Waals surface area contributed by atoms with E-state index in [9.17, 15) is 42.5 Å². The van der Waals surface area contributed by atoms with Crippen LogP contribution in [0.4, 0.5) is 30.2 Å². The standard InChI is InChI=1S/C31H23F3N4O8S2/c1-2-45-21-12-15(6-11-20(21)46-14-22(39)35-17-5-3-4-16(13-17)31(32,33)34)23-24-26(47-27-25(23)48-30(42)36-27)29(41)37(28(24)40)18-7-9-19(10-8-18)38(43)44/h3-13,23-24,26H,2,14H2,1H3,(H,35,39)(H,36,42)/t23-,24-,26+/m0/s1. The lowest BCUT2D eigenvalue weighted by Crippen LogP contribution is -2.32. The average molecular weight is 701 g/mol. The lowest BCUT2D eigenvalue weighted by molar-refractivity contribution is -0.384. The van der Waals surface area contributed by atoms with E-state index in [0.29, 0.717) is 15.5 Å². The van der Waals surface area contributed by atoms with Gasteiger partial charge in [-0.3, -0.25) is 29.3 Å². The molecule has 0 aliphatic carbocycles. The molecule has 2 N–H and O–H groups in total. The van der Waals surface area contributed by atoms with Crippen LogP contribution in [0.5, 0.6) is 11.5 Å². The zero-order chi connectivity index (χ0) is 34.3. The molecule has 17 heteroatoms. The number of nitro groups is 1. The van der Waals surface area contributed by atoms with E-state index in [0.717, 1.165) is 40.1 Å². The molecule has 1 aromatic heterocycles. The molecular formula is C31H23F3N4O8S2. The van der Waals surface area contributed by atoms with Gasteiger partial charge in [0, 0.05) is 28.6 Å². The fourth-order valence-corrected chi connectivity index (χ4v) is 8.09. The second-order valence-corrected chi connectivity index (χ2v) is 12.8. The van der Waals surface area contributed by atoms with Crippen LogP contribution in [-0.2, 0) is 20.6 Å². The summed E-state index contributed by atoms with van der Waals surface area (Å²) in [4.78, 5) is 67.1. The monoisotopic (exact) mass is 700 g/mol. The third-order valence-corrected chi connectivity index (χ3v) is 10.0. The van der Waals surface area contributed by atoms with Gasteiger partial charge in [-0.2, -0.15) is 13.2 Å². The SMILES string of the molecule is CCOc1cc([C@@H]2c3sc(=O)[nH]c3S[C@H]3C(=O)N(c4ccc([N+](=O)[O-])cc4)C(=O)[C@@H]23)ccc1OCC(=O)Nc1cccc(C(F)(F)F)c1. The van der Waals surface area contributed by atoms with Crippen molar-refractivity contribution in [1.82, 2.24) is 4.98 Å². The molecule has 248 valence electrons. The summed E-state index contributed by atoms with van der Waals surface area (Å²) in [5.41, 5.74) is -0.515. The second-order valence-electron chi connectivity index (χ2n) is 10.6. The van der Waals surface area contributed by atoms with E-state index in [1.807, 2.05) is 0 Å². The van der Waals surface area contributed by atoms with E-state index < -0.39 is 58.1 Å². The first-order valence-corrected chi connectivity index (χ1v) is 15.9. The molecule has 3 atom stereocenters. The number of aromatic nitrogens is 1. The number of imide groups is 1. The summed E-state index contributed by atoms with van der Waals surface area (Å²) in [5.74, 6) is -3.22. The summed E-state index contributed by atoms with van der Waals surface area (Å²) in [6, 6.07) is 13.9. The first kappa shape index (κ1) is 32.8. The Bertz CT molecular complexity index is 2000. The van der Waals surface area contributed by atoms with Gasteiger partial charge >= 0.3 is 11.0 Å². The Kier molecular flexibility index (Phi) is 8.74. The van der Waals surface area contributed by atoms with Crippen LogP contribution in [0.1, 0.15) is 28.8 Å². The number of nitrogens with zero attached hydrogens (tertiary/aromatic N) is 2. The maximum absolute atomic E-state index is 14.0. The highest BCUT2D eigenvalue weighted by Crippen LogP contribution is 2.54. The Morgan fingerprint density at radius 1 is 1.02 bits per heavy atom. The Hall–Kier alpha value is -5.16. The van der Waals surface area contributed by atoms with Gasteiger partial charge < -0.3 is 19.8 Å². The van der Waals surface area contributed by atoms with Gasteiger partial charge in [0.15, 0.2) is 18.1 Å². The number of amides is 3. The lowest BCUT2D eigenvalue weighted by atomic mass is 9.83. The van der Waals surface area contributed by atoms with Crippen molar-refractivity contribution in [3.63, 3.8) is 0 Å². The number of alkyl halides is 3. The summed E-state index contributed by atoms with van der Waals surface area (Å²) in [7, 11) is 0. The van der Waals surface area contributed by atoms with Gasteiger partial charge in [0.2, 0.25) is 11.8 Å². The number of H-pyrrole nitrogens is 1. The van der Waals surface area contributed by atoms with Crippen molar-refractivity contribution < 1.29 is 42.0 Å². The Balaban J connectivity index is 1.28. The molecule has 0 bridgehead atoms. The first-order chi connectivity index (χ1) is 22.8. The smallest absolute Gasteiger partial charge is 0.416 e. The van der Waals surface area contributed by atoms with Crippen molar-refractivity contribution in [3.05, 3.63) is 103 Å². The predicted octanol–water partition coefficient (Wildman–Crippen LogP) is 5.58. The number of aromatic amines is 1. The van der Waals surface area contributed by atoms with E-state index in [2.05, 4.69) is 10.3 Å². The molecule has 2 aliphatic heterocycles. The van der Waals surface area contributed by atoms with Crippen LogP contribution in [0.15, 0.2) is 76.6 Å². The maximum atomic E-state index is 14.0. The van der Waals surface area contributed by atoms with Gasteiger partial charge in [0.25, 0.3) is 11.6 Å². The predicted molar refractivity (Wildman–Crippen MR) is 169 cm³/mol. The van der Waals surface area contributed by atoms with Crippen LogP contribution in [0.25, 0.3) is 0 Å². The average Bonchev–Trinajstić information content (AvgIpc) is 3.54. The van der Waals surface area contributed by atoms with Gasteiger partial charge in [-0.1, -0.05) is 35.2 Å². The highest BCUT2D eigenvalue weighted by atomic mass is 32.2. The van der Waals surface area contributed by atoms with Crippen LogP contribution >= 0.6 is 23.1 Å². The molecule has 12 nitrogen and oxygen atoms in total. The van der Waals surface area contributed by atoms with Gasteiger partial charge in [-0.15, -0.1) is 0 Å². The number of rotatable bonds is 9. The lowest BCUT2D eigenvalue weighted by Gasteiger charge is -2.30. The summed E-state index contributed by atoms with van der Waals surface area (Å²) in [5, 5.41) is 13.0. The zero-order valence-corrected chi connectivity index (χ0v) is 26.2. The number of anilines is 2. The van der Waals surface area contributed by atoms with E-state index in [4.69, 9.17) is 9.47 Å². The highest BCUT2D eigenvalue weighted by molar-refractivity contribution is 8.00. The van der Waals surface area contributed by atoms with Crippen molar-refractivity contribution in [2.45, 2.75) is 29.3 Å². The maximum Gasteiger partial charge on any atom is 0.416 e. The second kappa shape index (κ2) is 12.8. The van der Waals surface area contributed by atoms with Crippen LogP contribution < -0.4 is 24.6 Å². The van der Waals surface area contributed by atoms with Crippen molar-refractivity contribution >= 4 is 57.9 Å². The van der Waals surface area contributed by atoms with Crippen molar-refractivity contribution in [2.75, 3.05) is 23.4 Å². The van der Waals surface area contributed by atoms with Gasteiger partial charge in [0.1, 0.15) is 5.25 Å². The molecule has 2 aliphatic rings. The fraction of sp³-hybridized carbons (Fsp3) is 0.226. The Morgan fingerprint density at radius 3 is 2.46 bits per heavy atom. The molecule has 3 heterocycles. The molecule has 6 rings (SSSR count). The van der Waals surface area contributed by atoms with E-state index in [1.165, 1.54) is 42.5 Å².